The second-order valence-electron chi connectivity index (χ2n) is 8.01. The van der Waals surface area contributed by atoms with Crippen LogP contribution in [0.2, 0.25) is 0 Å². The number of carbonyl (C=O) groups excluding carboxylic acids is 1. The second kappa shape index (κ2) is 7.22. The number of amides is 1. The molecule has 4 bridgehead atoms. The average Bonchev–Trinajstić information content (AvgIpc) is 3.14. The molecule has 8 heteroatoms. The topological polar surface area (TPSA) is 88.6 Å². The van der Waals surface area contributed by atoms with Gasteiger partial charge >= 0.3 is 0 Å². The van der Waals surface area contributed by atoms with Gasteiger partial charge in [-0.05, 0) is 48.8 Å². The third kappa shape index (κ3) is 3.18. The van der Waals surface area contributed by atoms with E-state index < -0.39 is 4.92 Å². The van der Waals surface area contributed by atoms with Crippen LogP contribution in [0.1, 0.15) is 23.4 Å². The van der Waals surface area contributed by atoms with Gasteiger partial charge in [-0.3, -0.25) is 14.9 Å². The Balaban J connectivity index is 0.00000192. The zero-order chi connectivity index (χ0) is 18.5. The summed E-state index contributed by atoms with van der Waals surface area (Å²) in [7, 11) is 0. The first-order valence-corrected chi connectivity index (χ1v) is 9.45. The molecule has 0 spiro atoms. The number of nitro benzene ring substituents is 1. The Hall–Kier alpha value is -2.38. The van der Waals surface area contributed by atoms with E-state index in [1.807, 2.05) is 0 Å². The molecule has 0 radical (unpaired) electrons. The van der Waals surface area contributed by atoms with Gasteiger partial charge < -0.3 is 14.6 Å². The summed E-state index contributed by atoms with van der Waals surface area (Å²) in [6, 6.07) is 9.81. The van der Waals surface area contributed by atoms with E-state index in [0.29, 0.717) is 23.2 Å². The van der Waals surface area contributed by atoms with Crippen molar-refractivity contribution in [2.45, 2.75) is 18.9 Å². The average molecular weight is 404 g/mol. The zero-order valence-corrected chi connectivity index (χ0v) is 16.1. The lowest BCUT2D eigenvalue weighted by molar-refractivity contribution is -0.384. The van der Waals surface area contributed by atoms with Crippen molar-refractivity contribution in [1.29, 1.82) is 0 Å². The van der Waals surface area contributed by atoms with Crippen LogP contribution in [0.4, 0.5) is 5.69 Å². The molecule has 4 heterocycles. The summed E-state index contributed by atoms with van der Waals surface area (Å²) >= 11 is 0. The van der Waals surface area contributed by atoms with E-state index in [-0.39, 0.29) is 35.8 Å². The molecule has 3 aliphatic heterocycles. The maximum absolute atomic E-state index is 12.7. The maximum Gasteiger partial charge on any atom is 0.287 e. The molecule has 1 N–H and O–H groups in total. The van der Waals surface area contributed by atoms with Gasteiger partial charge in [-0.2, -0.15) is 0 Å². The number of hydrogen-bond donors (Lipinski definition) is 1. The minimum atomic E-state index is -0.443. The van der Waals surface area contributed by atoms with Gasteiger partial charge in [0.1, 0.15) is 5.76 Å². The number of halogens is 1. The molecule has 28 heavy (non-hydrogen) atoms. The summed E-state index contributed by atoms with van der Waals surface area (Å²) in [6.45, 7) is 3.35. The lowest BCUT2D eigenvalue weighted by Gasteiger charge is -2.55. The summed E-state index contributed by atoms with van der Waals surface area (Å²) in [5.74, 6) is 2.13. The molecular weight excluding hydrogens is 382 g/mol. The fourth-order valence-electron chi connectivity index (χ4n) is 5.31. The van der Waals surface area contributed by atoms with Crippen molar-refractivity contribution in [3.63, 3.8) is 0 Å². The molecule has 1 saturated carbocycles. The van der Waals surface area contributed by atoms with Gasteiger partial charge in [-0.1, -0.05) is 12.1 Å². The summed E-state index contributed by atoms with van der Waals surface area (Å²) < 4.78 is 5.69. The number of carbonyl (C=O) groups is 1. The number of nitrogens with one attached hydrogen (secondary N) is 1. The number of rotatable bonds is 4. The number of benzene rings is 1. The monoisotopic (exact) mass is 403 g/mol. The molecule has 4 fully saturated rings. The van der Waals surface area contributed by atoms with Crippen LogP contribution >= 0.6 is 12.4 Å². The van der Waals surface area contributed by atoms with Gasteiger partial charge in [-0.15, -0.1) is 12.4 Å². The molecule has 2 unspecified atom stereocenters. The summed E-state index contributed by atoms with van der Waals surface area (Å²) in [6.07, 6.45) is 2.38. The normalized spacial score (nSPS) is 29.9. The van der Waals surface area contributed by atoms with Crippen LogP contribution in [-0.2, 0) is 0 Å². The number of hydrogen-bond acceptors (Lipinski definition) is 5. The number of nitrogens with zero attached hydrogens (tertiary/aromatic N) is 2. The molecule has 2 aromatic rings. The molecule has 1 aliphatic carbocycles. The van der Waals surface area contributed by atoms with Crippen LogP contribution < -0.4 is 5.32 Å². The van der Waals surface area contributed by atoms with Crippen molar-refractivity contribution in [2.75, 3.05) is 19.6 Å². The van der Waals surface area contributed by atoms with E-state index in [1.54, 1.807) is 30.3 Å². The van der Waals surface area contributed by atoms with E-state index in [2.05, 4.69) is 10.2 Å². The lowest BCUT2D eigenvalue weighted by Crippen LogP contribution is -2.64. The first-order valence-electron chi connectivity index (χ1n) is 9.45. The molecule has 148 valence electrons. The quantitative estimate of drug-likeness (QED) is 0.624. The van der Waals surface area contributed by atoms with Crippen molar-refractivity contribution < 1.29 is 14.1 Å². The van der Waals surface area contributed by atoms with Gasteiger partial charge in [0.2, 0.25) is 0 Å². The lowest BCUT2D eigenvalue weighted by atomic mass is 9.65. The Morgan fingerprint density at radius 2 is 1.82 bits per heavy atom. The highest BCUT2D eigenvalue weighted by Crippen LogP contribution is 2.43. The van der Waals surface area contributed by atoms with E-state index in [0.717, 1.165) is 19.0 Å². The SMILES string of the molecule is Cl.O=C(NC1C2CC3CC1CN(C3)C2)c1ccc(-c2ccccc2[N+](=O)[O-])o1. The third-order valence-corrected chi connectivity index (χ3v) is 6.28. The highest BCUT2D eigenvalue weighted by molar-refractivity contribution is 5.92. The van der Waals surface area contributed by atoms with Crippen molar-refractivity contribution >= 4 is 24.0 Å². The maximum atomic E-state index is 12.7. The van der Waals surface area contributed by atoms with Gasteiger partial charge in [0.05, 0.1) is 10.5 Å². The smallest absolute Gasteiger partial charge is 0.287 e. The van der Waals surface area contributed by atoms with Gasteiger partial charge in [-0.25, -0.2) is 0 Å². The molecule has 1 amide bonds. The predicted octanol–water partition coefficient (Wildman–Crippen LogP) is 3.35. The van der Waals surface area contributed by atoms with Crippen molar-refractivity contribution in [3.05, 3.63) is 52.3 Å². The number of furan rings is 1. The molecule has 3 saturated heterocycles. The standard InChI is InChI=1S/C20H21N3O4.ClH/c24-20(21-19-13-7-12-8-14(19)11-22(9-12)10-13)18-6-5-17(27-18)15-3-1-2-4-16(15)23(25)26;/h1-6,12-14,19H,7-11H2,(H,21,24);1H. The van der Waals surface area contributed by atoms with Crippen molar-refractivity contribution in [1.82, 2.24) is 10.2 Å². The molecule has 7 nitrogen and oxygen atoms in total. The van der Waals surface area contributed by atoms with E-state index in [1.165, 1.54) is 25.5 Å². The molecule has 1 aromatic carbocycles. The molecule has 1 aromatic heterocycles. The van der Waals surface area contributed by atoms with E-state index in [4.69, 9.17) is 4.42 Å². The zero-order valence-electron chi connectivity index (χ0n) is 15.2. The Labute approximate surface area is 168 Å². The Kier molecular flexibility index (Phi) is 4.89. The fourth-order valence-corrected chi connectivity index (χ4v) is 5.31. The minimum Gasteiger partial charge on any atom is -0.451 e. The summed E-state index contributed by atoms with van der Waals surface area (Å²) in [5.41, 5.74) is 0.345. The number of nitro groups is 1. The van der Waals surface area contributed by atoms with Crippen molar-refractivity contribution in [3.8, 4) is 11.3 Å². The Morgan fingerprint density at radius 1 is 1.11 bits per heavy atom. The number of piperidine rings is 3. The van der Waals surface area contributed by atoms with E-state index >= 15 is 0 Å². The van der Waals surface area contributed by atoms with Gasteiger partial charge in [0.25, 0.3) is 11.6 Å². The van der Waals surface area contributed by atoms with Gasteiger partial charge in [0, 0.05) is 31.7 Å². The van der Waals surface area contributed by atoms with Crippen LogP contribution in [-0.4, -0.2) is 41.4 Å². The molecular formula is C20H22ClN3O4. The Morgan fingerprint density at radius 3 is 2.50 bits per heavy atom. The van der Waals surface area contributed by atoms with Crippen LogP contribution in [0, 0.1) is 27.9 Å². The van der Waals surface area contributed by atoms with Crippen LogP contribution in [0.25, 0.3) is 11.3 Å². The fraction of sp³-hybridized carbons (Fsp3) is 0.450. The van der Waals surface area contributed by atoms with Crippen LogP contribution in [0.15, 0.2) is 40.8 Å². The van der Waals surface area contributed by atoms with Gasteiger partial charge in [0.15, 0.2) is 5.76 Å². The molecule has 2 atom stereocenters. The van der Waals surface area contributed by atoms with E-state index in [9.17, 15) is 14.9 Å². The second-order valence-corrected chi connectivity index (χ2v) is 8.01. The summed E-state index contributed by atoms with van der Waals surface area (Å²) in [4.78, 5) is 26.0. The largest absolute Gasteiger partial charge is 0.451 e. The Bertz CT molecular complexity index is 884. The van der Waals surface area contributed by atoms with Crippen molar-refractivity contribution in [2.24, 2.45) is 17.8 Å². The highest BCUT2D eigenvalue weighted by Gasteiger charge is 2.48. The molecule has 6 rings (SSSR count). The first kappa shape index (κ1) is 19.0. The molecule has 4 aliphatic rings. The first-order chi connectivity index (χ1) is 13.1. The number of para-hydroxylation sites is 1. The van der Waals surface area contributed by atoms with Crippen LogP contribution in [0.3, 0.4) is 0 Å². The van der Waals surface area contributed by atoms with Crippen LogP contribution in [0.5, 0.6) is 0 Å². The predicted molar refractivity (Wildman–Crippen MR) is 105 cm³/mol. The third-order valence-electron chi connectivity index (χ3n) is 6.28. The highest BCUT2D eigenvalue weighted by atomic mass is 35.5. The summed E-state index contributed by atoms with van der Waals surface area (Å²) in [5, 5.41) is 14.4. The minimum absolute atomic E-state index is 0.